The number of amides is 1. The van der Waals surface area contributed by atoms with Gasteiger partial charge in [-0.05, 0) is 55.3 Å². The van der Waals surface area contributed by atoms with Crippen LogP contribution < -0.4 is 4.74 Å². The summed E-state index contributed by atoms with van der Waals surface area (Å²) in [5, 5.41) is 0. The standard InChI is InChI=1S/C23H24FN3O2/c1-3-12-27(13-4-2)23(28)18-6-5-7-20(14-18)29-22-15-21(25-16-26-22)17-8-10-19(24)11-9-17/h5-11,14-16H,3-4,12-13H2,1-2H3. The summed E-state index contributed by atoms with van der Waals surface area (Å²) < 4.78 is 19.0. The molecule has 5 nitrogen and oxygen atoms in total. The maximum absolute atomic E-state index is 13.1. The normalized spacial score (nSPS) is 10.6. The molecule has 0 radical (unpaired) electrons. The van der Waals surface area contributed by atoms with Crippen LogP contribution in [-0.2, 0) is 0 Å². The van der Waals surface area contributed by atoms with Crippen molar-refractivity contribution < 1.29 is 13.9 Å². The van der Waals surface area contributed by atoms with Crippen LogP contribution in [0, 0.1) is 5.82 Å². The van der Waals surface area contributed by atoms with Crippen molar-refractivity contribution in [1.82, 2.24) is 14.9 Å². The van der Waals surface area contributed by atoms with Gasteiger partial charge in [-0.2, -0.15) is 0 Å². The molecular formula is C23H24FN3O2. The van der Waals surface area contributed by atoms with Gasteiger partial charge in [-0.25, -0.2) is 14.4 Å². The van der Waals surface area contributed by atoms with Gasteiger partial charge in [0.2, 0.25) is 5.88 Å². The van der Waals surface area contributed by atoms with Crippen molar-refractivity contribution in [3.63, 3.8) is 0 Å². The summed E-state index contributed by atoms with van der Waals surface area (Å²) >= 11 is 0. The Bertz CT molecular complexity index is 954. The number of hydrogen-bond donors (Lipinski definition) is 0. The van der Waals surface area contributed by atoms with Gasteiger partial charge in [-0.1, -0.05) is 19.9 Å². The van der Waals surface area contributed by atoms with Crippen LogP contribution in [0.2, 0.25) is 0 Å². The number of ether oxygens (including phenoxy) is 1. The number of rotatable bonds is 8. The molecule has 0 aliphatic carbocycles. The monoisotopic (exact) mass is 393 g/mol. The fourth-order valence-electron chi connectivity index (χ4n) is 3.02. The molecule has 6 heteroatoms. The molecule has 0 aliphatic heterocycles. The highest BCUT2D eigenvalue weighted by molar-refractivity contribution is 5.94. The van der Waals surface area contributed by atoms with Crippen molar-refractivity contribution in [3.8, 4) is 22.9 Å². The van der Waals surface area contributed by atoms with E-state index in [2.05, 4.69) is 23.8 Å². The summed E-state index contributed by atoms with van der Waals surface area (Å²) in [6.45, 7) is 5.57. The average Bonchev–Trinajstić information content (AvgIpc) is 2.74. The first-order valence-electron chi connectivity index (χ1n) is 9.76. The second-order valence-electron chi connectivity index (χ2n) is 6.67. The Balaban J connectivity index is 1.79. The molecule has 1 heterocycles. The highest BCUT2D eigenvalue weighted by atomic mass is 19.1. The van der Waals surface area contributed by atoms with Crippen LogP contribution in [-0.4, -0.2) is 33.9 Å². The van der Waals surface area contributed by atoms with E-state index in [4.69, 9.17) is 4.74 Å². The fourth-order valence-corrected chi connectivity index (χ4v) is 3.02. The van der Waals surface area contributed by atoms with E-state index in [1.54, 1.807) is 42.5 Å². The molecule has 3 rings (SSSR count). The molecule has 1 aromatic heterocycles. The van der Waals surface area contributed by atoms with Gasteiger partial charge in [0.15, 0.2) is 0 Å². The summed E-state index contributed by atoms with van der Waals surface area (Å²) in [7, 11) is 0. The highest BCUT2D eigenvalue weighted by Crippen LogP contribution is 2.25. The molecule has 0 aliphatic rings. The van der Waals surface area contributed by atoms with Crippen molar-refractivity contribution >= 4 is 5.91 Å². The number of benzene rings is 2. The van der Waals surface area contributed by atoms with Crippen molar-refractivity contribution in [2.24, 2.45) is 0 Å². The molecule has 0 N–H and O–H groups in total. The van der Waals surface area contributed by atoms with E-state index in [0.717, 1.165) is 31.5 Å². The van der Waals surface area contributed by atoms with Crippen LogP contribution in [0.4, 0.5) is 4.39 Å². The summed E-state index contributed by atoms with van der Waals surface area (Å²) in [5.41, 5.74) is 1.97. The minimum atomic E-state index is -0.305. The Morgan fingerprint density at radius 1 is 1.00 bits per heavy atom. The largest absolute Gasteiger partial charge is 0.439 e. The first-order chi connectivity index (χ1) is 14.1. The molecule has 0 saturated carbocycles. The van der Waals surface area contributed by atoms with Crippen LogP contribution in [0.15, 0.2) is 60.9 Å². The summed E-state index contributed by atoms with van der Waals surface area (Å²) in [4.78, 5) is 23.0. The van der Waals surface area contributed by atoms with Crippen molar-refractivity contribution in [2.75, 3.05) is 13.1 Å². The van der Waals surface area contributed by atoms with Gasteiger partial charge in [-0.15, -0.1) is 0 Å². The van der Waals surface area contributed by atoms with E-state index in [0.29, 0.717) is 22.9 Å². The number of aromatic nitrogens is 2. The topological polar surface area (TPSA) is 55.3 Å². The second kappa shape index (κ2) is 9.78. The Morgan fingerprint density at radius 2 is 1.72 bits per heavy atom. The van der Waals surface area contributed by atoms with E-state index in [9.17, 15) is 9.18 Å². The molecule has 150 valence electrons. The van der Waals surface area contributed by atoms with Gasteiger partial charge in [0.1, 0.15) is 17.9 Å². The second-order valence-corrected chi connectivity index (χ2v) is 6.67. The molecule has 0 atom stereocenters. The Labute approximate surface area is 170 Å². The van der Waals surface area contributed by atoms with E-state index >= 15 is 0 Å². The van der Waals surface area contributed by atoms with E-state index in [-0.39, 0.29) is 11.7 Å². The lowest BCUT2D eigenvalue weighted by Crippen LogP contribution is -2.32. The predicted molar refractivity (Wildman–Crippen MR) is 110 cm³/mol. The minimum absolute atomic E-state index is 0.00570. The highest BCUT2D eigenvalue weighted by Gasteiger charge is 2.15. The third kappa shape index (κ3) is 5.38. The van der Waals surface area contributed by atoms with Gasteiger partial charge in [0, 0.05) is 30.3 Å². The molecule has 0 fully saturated rings. The Hall–Kier alpha value is -3.28. The zero-order valence-corrected chi connectivity index (χ0v) is 16.6. The quantitative estimate of drug-likeness (QED) is 0.519. The number of carbonyl (C=O) groups excluding carboxylic acids is 1. The molecule has 2 aromatic carbocycles. The summed E-state index contributed by atoms with van der Waals surface area (Å²) in [5.74, 6) is 0.560. The first-order valence-corrected chi connectivity index (χ1v) is 9.76. The molecule has 0 bridgehead atoms. The van der Waals surface area contributed by atoms with Gasteiger partial charge in [0.05, 0.1) is 5.69 Å². The van der Waals surface area contributed by atoms with Crippen LogP contribution in [0.5, 0.6) is 11.6 Å². The number of nitrogens with zero attached hydrogens (tertiary/aromatic N) is 3. The third-order valence-electron chi connectivity index (χ3n) is 4.36. The lowest BCUT2D eigenvalue weighted by Gasteiger charge is -2.21. The van der Waals surface area contributed by atoms with Gasteiger partial charge >= 0.3 is 0 Å². The molecule has 0 saturated heterocycles. The van der Waals surface area contributed by atoms with Gasteiger partial charge in [0.25, 0.3) is 5.91 Å². The van der Waals surface area contributed by atoms with E-state index in [1.165, 1.54) is 18.5 Å². The summed E-state index contributed by atoms with van der Waals surface area (Å²) in [6, 6.07) is 14.8. The zero-order valence-electron chi connectivity index (χ0n) is 16.6. The lowest BCUT2D eigenvalue weighted by molar-refractivity contribution is 0.0755. The van der Waals surface area contributed by atoms with Crippen molar-refractivity contribution in [2.45, 2.75) is 26.7 Å². The molecule has 0 unspecified atom stereocenters. The average molecular weight is 393 g/mol. The van der Waals surface area contributed by atoms with Crippen LogP contribution >= 0.6 is 0 Å². The first kappa shape index (κ1) is 20.5. The smallest absolute Gasteiger partial charge is 0.253 e. The minimum Gasteiger partial charge on any atom is -0.439 e. The van der Waals surface area contributed by atoms with E-state index < -0.39 is 0 Å². The lowest BCUT2D eigenvalue weighted by atomic mass is 10.1. The van der Waals surface area contributed by atoms with Crippen LogP contribution in [0.3, 0.4) is 0 Å². The molecular weight excluding hydrogens is 369 g/mol. The third-order valence-corrected chi connectivity index (χ3v) is 4.36. The zero-order chi connectivity index (χ0) is 20.6. The van der Waals surface area contributed by atoms with Crippen molar-refractivity contribution in [1.29, 1.82) is 0 Å². The van der Waals surface area contributed by atoms with Gasteiger partial charge in [-0.3, -0.25) is 4.79 Å². The predicted octanol–water partition coefficient (Wildman–Crippen LogP) is 5.34. The van der Waals surface area contributed by atoms with Crippen molar-refractivity contribution in [3.05, 3.63) is 72.3 Å². The van der Waals surface area contributed by atoms with Gasteiger partial charge < -0.3 is 9.64 Å². The number of carbonyl (C=O) groups is 1. The fraction of sp³-hybridized carbons (Fsp3) is 0.261. The number of halogens is 1. The SMILES string of the molecule is CCCN(CCC)C(=O)c1cccc(Oc2cc(-c3ccc(F)cc3)ncn2)c1. The maximum atomic E-state index is 13.1. The molecule has 3 aromatic rings. The Morgan fingerprint density at radius 3 is 2.41 bits per heavy atom. The maximum Gasteiger partial charge on any atom is 0.253 e. The molecule has 0 spiro atoms. The van der Waals surface area contributed by atoms with E-state index in [1.807, 2.05) is 4.90 Å². The molecule has 1 amide bonds. The summed E-state index contributed by atoms with van der Waals surface area (Å²) in [6.07, 6.45) is 3.22. The van der Waals surface area contributed by atoms with Crippen LogP contribution in [0.1, 0.15) is 37.0 Å². The van der Waals surface area contributed by atoms with Crippen LogP contribution in [0.25, 0.3) is 11.3 Å². The Kier molecular flexibility index (Phi) is 6.89. The molecule has 29 heavy (non-hydrogen) atoms. The number of hydrogen-bond acceptors (Lipinski definition) is 4.